The van der Waals surface area contributed by atoms with E-state index >= 15 is 0 Å². The van der Waals surface area contributed by atoms with Crippen molar-refractivity contribution in [2.24, 2.45) is 0 Å². The molecule has 0 aromatic heterocycles. The second-order valence-electron chi connectivity index (χ2n) is 10.2. The molecule has 1 amide bonds. The molecule has 0 radical (unpaired) electrons. The number of hydrogen-bond acceptors (Lipinski definition) is 7. The molecule has 2 aromatic carbocycles. The van der Waals surface area contributed by atoms with Crippen LogP contribution >= 0.6 is 0 Å². The number of Topliss-reactive ketones (excluding diaryl/α,β-unsaturated/α-hetero) is 1. The predicted octanol–water partition coefficient (Wildman–Crippen LogP) is 3.94. The summed E-state index contributed by atoms with van der Waals surface area (Å²) in [5, 5.41) is 11.4. The van der Waals surface area contributed by atoms with E-state index in [1.807, 2.05) is 50.2 Å². The number of hydrogen-bond donors (Lipinski definition) is 1. The average Bonchev–Trinajstić information content (AvgIpc) is 3.43. The van der Waals surface area contributed by atoms with Gasteiger partial charge in [-0.3, -0.25) is 14.5 Å². The van der Waals surface area contributed by atoms with Crippen molar-refractivity contribution in [2.45, 2.75) is 45.3 Å². The van der Waals surface area contributed by atoms with E-state index in [4.69, 9.17) is 14.2 Å². The molecule has 8 heteroatoms. The summed E-state index contributed by atoms with van der Waals surface area (Å²) in [5.41, 5.74) is 2.38. The van der Waals surface area contributed by atoms with Crippen molar-refractivity contribution in [3.63, 3.8) is 0 Å². The number of ketones is 1. The summed E-state index contributed by atoms with van der Waals surface area (Å²) in [7, 11) is 0. The Balaban J connectivity index is 1.46. The van der Waals surface area contributed by atoms with E-state index in [9.17, 15) is 14.7 Å². The molecule has 3 aliphatic heterocycles. The van der Waals surface area contributed by atoms with Crippen molar-refractivity contribution >= 4 is 17.4 Å². The van der Waals surface area contributed by atoms with Gasteiger partial charge in [0.1, 0.15) is 23.4 Å². The summed E-state index contributed by atoms with van der Waals surface area (Å²) in [4.78, 5) is 30.6. The summed E-state index contributed by atoms with van der Waals surface area (Å²) in [5.74, 6) is 0.125. The van der Waals surface area contributed by atoms with Crippen LogP contribution in [0.15, 0.2) is 48.0 Å². The van der Waals surface area contributed by atoms with E-state index in [0.717, 1.165) is 61.5 Å². The van der Waals surface area contributed by atoms with Crippen LogP contribution < -0.4 is 9.47 Å². The molecule has 202 valence electrons. The number of carbonyl (C=O) groups is 2. The molecule has 5 rings (SSSR count). The van der Waals surface area contributed by atoms with E-state index in [2.05, 4.69) is 4.90 Å². The highest BCUT2D eigenvalue weighted by Crippen LogP contribution is 2.41. The number of carbonyl (C=O) groups excluding carboxylic acids is 2. The maximum absolute atomic E-state index is 13.4. The molecule has 2 saturated heterocycles. The van der Waals surface area contributed by atoms with Crippen molar-refractivity contribution in [3.05, 3.63) is 64.7 Å². The lowest BCUT2D eigenvalue weighted by molar-refractivity contribution is -0.140. The number of aliphatic hydroxyl groups is 1. The van der Waals surface area contributed by atoms with Crippen LogP contribution in [0.3, 0.4) is 0 Å². The molecule has 8 nitrogen and oxygen atoms in total. The monoisotopic (exact) mass is 520 g/mol. The van der Waals surface area contributed by atoms with Crippen LogP contribution in [0.5, 0.6) is 11.5 Å². The van der Waals surface area contributed by atoms with Gasteiger partial charge in [-0.2, -0.15) is 0 Å². The summed E-state index contributed by atoms with van der Waals surface area (Å²) in [6.07, 6.45) is 2.41. The van der Waals surface area contributed by atoms with Crippen LogP contribution in [0, 0.1) is 0 Å². The fourth-order valence-corrected chi connectivity index (χ4v) is 5.44. The zero-order chi connectivity index (χ0) is 26.6. The van der Waals surface area contributed by atoms with E-state index in [-0.39, 0.29) is 17.4 Å². The summed E-state index contributed by atoms with van der Waals surface area (Å²) in [6, 6.07) is 12.2. The fourth-order valence-electron chi connectivity index (χ4n) is 5.44. The highest BCUT2D eigenvalue weighted by molar-refractivity contribution is 6.46. The molecule has 2 aromatic rings. The molecule has 0 aliphatic carbocycles. The zero-order valence-electron chi connectivity index (χ0n) is 22.2. The first-order valence-electron chi connectivity index (χ1n) is 13.6. The number of morpholine rings is 1. The molecule has 0 bridgehead atoms. The van der Waals surface area contributed by atoms with Crippen LogP contribution in [0.25, 0.3) is 5.76 Å². The lowest BCUT2D eigenvalue weighted by atomic mass is 9.94. The Kier molecular flexibility index (Phi) is 8.00. The van der Waals surface area contributed by atoms with Crippen molar-refractivity contribution < 1.29 is 28.9 Å². The molecule has 2 unspecified atom stereocenters. The minimum atomic E-state index is -0.677. The molecule has 2 fully saturated rings. The standard InChI is InChI=1S/C30H36N2O6/c1-3-15-37-24-8-5-21(6-9-24)27-26(28(33)22-7-10-25-23(19-22)18-20(2)38-25)29(34)30(35)32(27)12-4-11-31-13-16-36-17-14-31/h5-10,19-20,27,33H,3-4,11-18H2,1-2H3. The van der Waals surface area contributed by atoms with Gasteiger partial charge in [0.25, 0.3) is 11.7 Å². The largest absolute Gasteiger partial charge is 0.507 e. The zero-order valence-corrected chi connectivity index (χ0v) is 22.2. The molecule has 0 spiro atoms. The van der Waals surface area contributed by atoms with Gasteiger partial charge in [-0.1, -0.05) is 19.1 Å². The van der Waals surface area contributed by atoms with Crippen LogP contribution in [-0.4, -0.2) is 78.7 Å². The molecule has 1 N–H and O–H groups in total. The minimum absolute atomic E-state index is 0.0629. The van der Waals surface area contributed by atoms with Gasteiger partial charge < -0.3 is 24.2 Å². The second kappa shape index (κ2) is 11.6. The maximum Gasteiger partial charge on any atom is 0.295 e. The number of nitrogens with zero attached hydrogens (tertiary/aromatic N) is 2. The predicted molar refractivity (Wildman–Crippen MR) is 143 cm³/mol. The van der Waals surface area contributed by atoms with Gasteiger partial charge in [0, 0.05) is 38.2 Å². The minimum Gasteiger partial charge on any atom is -0.507 e. The SMILES string of the molecule is CCCOc1ccc(C2C(=C(O)c3ccc4c(c3)CC(C)O4)C(=O)C(=O)N2CCCN2CCOCC2)cc1. The normalized spacial score (nSPS) is 22.9. The molecular weight excluding hydrogens is 484 g/mol. The van der Waals surface area contributed by atoms with Crippen LogP contribution in [0.4, 0.5) is 0 Å². The number of amides is 1. The second-order valence-corrected chi connectivity index (χ2v) is 10.2. The summed E-state index contributed by atoms with van der Waals surface area (Å²) in [6.45, 7) is 9.02. The van der Waals surface area contributed by atoms with Crippen molar-refractivity contribution in [2.75, 3.05) is 46.0 Å². The number of benzene rings is 2. The Hall–Kier alpha value is -3.36. The Morgan fingerprint density at radius 1 is 1.08 bits per heavy atom. The molecule has 3 heterocycles. The molecule has 0 saturated carbocycles. The third-order valence-electron chi connectivity index (χ3n) is 7.36. The van der Waals surface area contributed by atoms with Gasteiger partial charge in [-0.05, 0) is 61.2 Å². The quantitative estimate of drug-likeness (QED) is 0.304. The molecule has 2 atom stereocenters. The van der Waals surface area contributed by atoms with Gasteiger partial charge in [0.2, 0.25) is 0 Å². The first-order valence-corrected chi connectivity index (χ1v) is 13.6. The fraction of sp³-hybridized carbons (Fsp3) is 0.467. The Morgan fingerprint density at radius 2 is 1.84 bits per heavy atom. The van der Waals surface area contributed by atoms with Gasteiger partial charge in [-0.15, -0.1) is 0 Å². The van der Waals surface area contributed by atoms with Crippen molar-refractivity contribution in [1.82, 2.24) is 9.80 Å². The van der Waals surface area contributed by atoms with Gasteiger partial charge in [0.05, 0.1) is 31.4 Å². The third kappa shape index (κ3) is 5.42. The van der Waals surface area contributed by atoms with Gasteiger partial charge in [-0.25, -0.2) is 0 Å². The molecule has 38 heavy (non-hydrogen) atoms. The van der Waals surface area contributed by atoms with E-state index in [1.165, 1.54) is 0 Å². The van der Waals surface area contributed by atoms with Crippen molar-refractivity contribution in [1.29, 1.82) is 0 Å². The Labute approximate surface area is 223 Å². The Morgan fingerprint density at radius 3 is 2.58 bits per heavy atom. The highest BCUT2D eigenvalue weighted by atomic mass is 16.5. The smallest absolute Gasteiger partial charge is 0.295 e. The maximum atomic E-state index is 13.4. The lowest BCUT2D eigenvalue weighted by Crippen LogP contribution is -2.38. The first-order chi connectivity index (χ1) is 18.5. The summed E-state index contributed by atoms with van der Waals surface area (Å²) < 4.78 is 17.0. The van der Waals surface area contributed by atoms with Crippen LogP contribution in [-0.2, 0) is 20.7 Å². The van der Waals surface area contributed by atoms with Crippen LogP contribution in [0.2, 0.25) is 0 Å². The van der Waals surface area contributed by atoms with E-state index < -0.39 is 17.7 Å². The topological polar surface area (TPSA) is 88.5 Å². The van der Waals surface area contributed by atoms with E-state index in [0.29, 0.717) is 31.9 Å². The molecular formula is C30H36N2O6. The highest BCUT2D eigenvalue weighted by Gasteiger charge is 2.46. The van der Waals surface area contributed by atoms with E-state index in [1.54, 1.807) is 11.0 Å². The number of rotatable bonds is 9. The number of likely N-dealkylation sites (tertiary alicyclic amines) is 1. The Bertz CT molecular complexity index is 1200. The van der Waals surface area contributed by atoms with Gasteiger partial charge in [0.15, 0.2) is 0 Å². The third-order valence-corrected chi connectivity index (χ3v) is 7.36. The average molecular weight is 521 g/mol. The van der Waals surface area contributed by atoms with Crippen LogP contribution in [0.1, 0.15) is 49.4 Å². The number of aliphatic hydroxyl groups excluding tert-OH is 1. The summed E-state index contributed by atoms with van der Waals surface area (Å²) >= 11 is 0. The number of ether oxygens (including phenoxy) is 3. The first kappa shape index (κ1) is 26.3. The number of fused-ring (bicyclic) bond motifs is 1. The van der Waals surface area contributed by atoms with Crippen molar-refractivity contribution in [3.8, 4) is 11.5 Å². The lowest BCUT2D eigenvalue weighted by Gasteiger charge is -2.29. The van der Waals surface area contributed by atoms with Gasteiger partial charge >= 0.3 is 0 Å². The molecule has 3 aliphatic rings.